The number of methoxy groups -OCH3 is 1. The lowest BCUT2D eigenvalue weighted by Crippen LogP contribution is -2.03. The molecule has 2 saturated carbocycles. The van der Waals surface area contributed by atoms with Gasteiger partial charge in [0.25, 0.3) is 5.19 Å². The Balaban J connectivity index is 1.75. The lowest BCUT2D eigenvalue weighted by molar-refractivity contribution is 0.0955. The Hall–Kier alpha value is -0.900. The van der Waals surface area contributed by atoms with Crippen molar-refractivity contribution in [3.63, 3.8) is 0 Å². The van der Waals surface area contributed by atoms with Crippen LogP contribution in [0.1, 0.15) is 28.9 Å². The molecule has 0 aliphatic heterocycles. The molecule has 80 valence electrons. The Labute approximate surface area is 92.5 Å². The predicted octanol–water partition coefficient (Wildman–Crippen LogP) is 2.38. The standard InChI is InChI=1S/C11H13NO2S/c1-14-11-12-5-8(15-11)10(13)9-6-3-2-4-7(6)9/h5-7,9H,2-4H2,1H3. The number of hydrogen-bond acceptors (Lipinski definition) is 4. The van der Waals surface area contributed by atoms with Crippen molar-refractivity contribution < 1.29 is 9.53 Å². The molecular formula is C11H13NO2S. The van der Waals surface area contributed by atoms with Gasteiger partial charge in [-0.15, -0.1) is 0 Å². The number of hydrogen-bond donors (Lipinski definition) is 0. The van der Waals surface area contributed by atoms with Gasteiger partial charge in [-0.25, -0.2) is 4.98 Å². The molecule has 0 bridgehead atoms. The number of thiazole rings is 1. The topological polar surface area (TPSA) is 39.2 Å². The summed E-state index contributed by atoms with van der Waals surface area (Å²) in [6, 6.07) is 0. The van der Waals surface area contributed by atoms with Crippen LogP contribution in [-0.4, -0.2) is 17.9 Å². The van der Waals surface area contributed by atoms with E-state index in [1.54, 1.807) is 13.3 Å². The summed E-state index contributed by atoms with van der Waals surface area (Å²) in [5.74, 6) is 1.98. The normalized spacial score (nSPS) is 32.5. The first-order valence-corrected chi connectivity index (χ1v) is 6.17. The number of nitrogens with zero attached hydrogens (tertiary/aromatic N) is 1. The van der Waals surface area contributed by atoms with E-state index in [4.69, 9.17) is 4.74 Å². The van der Waals surface area contributed by atoms with Crippen LogP contribution in [0.15, 0.2) is 6.20 Å². The van der Waals surface area contributed by atoms with Crippen molar-refractivity contribution in [2.24, 2.45) is 17.8 Å². The minimum absolute atomic E-state index is 0.297. The molecule has 1 heterocycles. The summed E-state index contributed by atoms with van der Waals surface area (Å²) < 4.78 is 4.99. The maximum Gasteiger partial charge on any atom is 0.273 e. The molecule has 2 fully saturated rings. The molecule has 2 atom stereocenters. The molecule has 1 aromatic rings. The maximum absolute atomic E-state index is 12.1. The summed E-state index contributed by atoms with van der Waals surface area (Å²) in [5.41, 5.74) is 0. The van der Waals surface area contributed by atoms with E-state index in [0.717, 1.165) is 4.88 Å². The number of carbonyl (C=O) groups is 1. The van der Waals surface area contributed by atoms with Gasteiger partial charge in [-0.2, -0.15) is 0 Å². The van der Waals surface area contributed by atoms with Crippen molar-refractivity contribution in [2.75, 3.05) is 7.11 Å². The van der Waals surface area contributed by atoms with Gasteiger partial charge in [-0.1, -0.05) is 17.8 Å². The molecule has 0 amide bonds. The third-order valence-electron chi connectivity index (χ3n) is 3.61. The lowest BCUT2D eigenvalue weighted by Gasteiger charge is -1.98. The second-order valence-electron chi connectivity index (χ2n) is 4.34. The molecule has 3 nitrogen and oxygen atoms in total. The van der Waals surface area contributed by atoms with E-state index in [9.17, 15) is 4.79 Å². The predicted molar refractivity (Wildman–Crippen MR) is 57.3 cm³/mol. The van der Waals surface area contributed by atoms with Crippen LogP contribution in [0, 0.1) is 17.8 Å². The molecule has 2 aliphatic carbocycles. The Morgan fingerprint density at radius 1 is 1.53 bits per heavy atom. The molecule has 0 N–H and O–H groups in total. The van der Waals surface area contributed by atoms with Crippen LogP contribution < -0.4 is 4.74 Å². The van der Waals surface area contributed by atoms with E-state index in [0.29, 0.717) is 28.7 Å². The first-order chi connectivity index (χ1) is 7.31. The van der Waals surface area contributed by atoms with Gasteiger partial charge < -0.3 is 4.74 Å². The quantitative estimate of drug-likeness (QED) is 0.738. The van der Waals surface area contributed by atoms with Crippen LogP contribution in [0.2, 0.25) is 0 Å². The minimum atomic E-state index is 0.297. The highest BCUT2D eigenvalue weighted by atomic mass is 32.1. The van der Waals surface area contributed by atoms with E-state index in [-0.39, 0.29) is 0 Å². The van der Waals surface area contributed by atoms with Crippen LogP contribution in [0.4, 0.5) is 0 Å². The van der Waals surface area contributed by atoms with Gasteiger partial charge >= 0.3 is 0 Å². The van der Waals surface area contributed by atoms with E-state index in [1.165, 1.54) is 30.6 Å². The molecule has 0 saturated heterocycles. The van der Waals surface area contributed by atoms with Crippen molar-refractivity contribution in [1.82, 2.24) is 4.98 Å². The fourth-order valence-corrected chi connectivity index (χ4v) is 3.56. The largest absolute Gasteiger partial charge is 0.473 e. The number of aromatic nitrogens is 1. The monoisotopic (exact) mass is 223 g/mol. The summed E-state index contributed by atoms with van der Waals surface area (Å²) in [6.07, 6.45) is 5.46. The van der Waals surface area contributed by atoms with Gasteiger partial charge in [0.1, 0.15) is 0 Å². The number of fused-ring (bicyclic) bond motifs is 1. The maximum atomic E-state index is 12.1. The fraction of sp³-hybridized carbons (Fsp3) is 0.636. The van der Waals surface area contributed by atoms with E-state index >= 15 is 0 Å². The summed E-state index contributed by atoms with van der Waals surface area (Å²) in [4.78, 5) is 16.9. The molecule has 0 aromatic carbocycles. The van der Waals surface area contributed by atoms with Crippen molar-refractivity contribution in [3.05, 3.63) is 11.1 Å². The third-order valence-corrected chi connectivity index (χ3v) is 4.58. The van der Waals surface area contributed by atoms with Crippen LogP contribution in [0.5, 0.6) is 5.19 Å². The Morgan fingerprint density at radius 2 is 2.27 bits per heavy atom. The first-order valence-electron chi connectivity index (χ1n) is 5.35. The molecule has 2 aliphatic rings. The highest BCUT2D eigenvalue weighted by molar-refractivity contribution is 7.15. The van der Waals surface area contributed by atoms with Gasteiger partial charge in [0, 0.05) is 5.92 Å². The smallest absolute Gasteiger partial charge is 0.273 e. The SMILES string of the molecule is COc1ncc(C(=O)C2C3CCCC32)s1. The van der Waals surface area contributed by atoms with Crippen molar-refractivity contribution >= 4 is 17.1 Å². The highest BCUT2D eigenvalue weighted by Crippen LogP contribution is 2.58. The van der Waals surface area contributed by atoms with E-state index in [2.05, 4.69) is 4.98 Å². The molecule has 0 spiro atoms. The van der Waals surface area contributed by atoms with Crippen LogP contribution in [0.25, 0.3) is 0 Å². The zero-order valence-electron chi connectivity index (χ0n) is 8.60. The third kappa shape index (κ3) is 1.39. The molecule has 2 unspecified atom stereocenters. The van der Waals surface area contributed by atoms with Crippen LogP contribution in [0.3, 0.4) is 0 Å². The van der Waals surface area contributed by atoms with E-state index < -0.39 is 0 Å². The number of Topliss-reactive ketones (excluding diaryl/α,β-unsaturated/α-hetero) is 1. The van der Waals surface area contributed by atoms with Gasteiger partial charge in [-0.3, -0.25) is 4.79 Å². The van der Waals surface area contributed by atoms with Crippen LogP contribution in [-0.2, 0) is 0 Å². The second kappa shape index (κ2) is 3.30. The van der Waals surface area contributed by atoms with Crippen LogP contribution >= 0.6 is 11.3 Å². The highest BCUT2D eigenvalue weighted by Gasteiger charge is 2.56. The summed E-state index contributed by atoms with van der Waals surface area (Å²) >= 11 is 1.37. The molecule has 1 aromatic heterocycles. The van der Waals surface area contributed by atoms with Crippen molar-refractivity contribution in [1.29, 1.82) is 0 Å². The van der Waals surface area contributed by atoms with Gasteiger partial charge in [0.05, 0.1) is 18.2 Å². The van der Waals surface area contributed by atoms with Gasteiger partial charge in [-0.05, 0) is 24.7 Å². The molecular weight excluding hydrogens is 210 g/mol. The van der Waals surface area contributed by atoms with E-state index in [1.807, 2.05) is 0 Å². The first kappa shape index (κ1) is 9.33. The minimum Gasteiger partial charge on any atom is -0.473 e. The summed E-state index contributed by atoms with van der Waals surface area (Å²) in [5, 5.41) is 0.587. The molecule has 3 rings (SSSR count). The van der Waals surface area contributed by atoms with Gasteiger partial charge in [0.15, 0.2) is 5.78 Å². The molecule has 0 radical (unpaired) electrons. The summed E-state index contributed by atoms with van der Waals surface area (Å²) in [6.45, 7) is 0. The Morgan fingerprint density at radius 3 is 2.87 bits per heavy atom. The molecule has 15 heavy (non-hydrogen) atoms. The van der Waals surface area contributed by atoms with Crippen molar-refractivity contribution in [3.8, 4) is 5.19 Å². The Kier molecular flexibility index (Phi) is 2.06. The van der Waals surface area contributed by atoms with Crippen molar-refractivity contribution in [2.45, 2.75) is 19.3 Å². The average molecular weight is 223 g/mol. The number of ketones is 1. The lowest BCUT2D eigenvalue weighted by atomic mass is 10.1. The number of carbonyl (C=O) groups excluding carboxylic acids is 1. The number of rotatable bonds is 3. The molecule has 4 heteroatoms. The zero-order chi connectivity index (χ0) is 10.4. The second-order valence-corrected chi connectivity index (χ2v) is 5.34. The Bertz CT molecular complexity index is 391. The fourth-order valence-electron chi connectivity index (χ4n) is 2.84. The summed E-state index contributed by atoms with van der Waals surface area (Å²) in [7, 11) is 1.58. The number of ether oxygens (including phenoxy) is 1. The van der Waals surface area contributed by atoms with Gasteiger partial charge in [0.2, 0.25) is 0 Å². The zero-order valence-corrected chi connectivity index (χ0v) is 9.42. The average Bonchev–Trinajstić information content (AvgIpc) is 2.73.